The minimum Gasteiger partial charge on any atom is -0.481 e. The summed E-state index contributed by atoms with van der Waals surface area (Å²) >= 11 is 0. The van der Waals surface area contributed by atoms with E-state index in [1.165, 1.54) is 6.41 Å². The third-order valence-corrected chi connectivity index (χ3v) is 1.98. The van der Waals surface area contributed by atoms with Gasteiger partial charge in [-0.25, -0.2) is 0 Å². The van der Waals surface area contributed by atoms with Gasteiger partial charge in [0.05, 0.1) is 5.92 Å². The van der Waals surface area contributed by atoms with Gasteiger partial charge in [-0.2, -0.15) is 0 Å². The average Bonchev–Trinajstić information content (AvgIpc) is 2.18. The molecule has 4 heteroatoms. The molecule has 1 aromatic rings. The SMILES string of the molecule is CC(C(=O)O)c1ccc(N[C]=O)cc1. The average molecular weight is 192 g/mol. The number of hydrogen-bond acceptors (Lipinski definition) is 2. The summed E-state index contributed by atoms with van der Waals surface area (Å²) in [5.74, 6) is -1.41. The van der Waals surface area contributed by atoms with Crippen molar-refractivity contribution in [3.8, 4) is 0 Å². The number of rotatable bonds is 4. The second-order valence-electron chi connectivity index (χ2n) is 2.91. The summed E-state index contributed by atoms with van der Waals surface area (Å²) in [6.07, 6.45) is 1.54. The molecule has 0 aliphatic carbocycles. The Bertz CT molecular complexity index is 332. The summed E-state index contributed by atoms with van der Waals surface area (Å²) in [7, 11) is 0. The maximum Gasteiger partial charge on any atom is 0.314 e. The van der Waals surface area contributed by atoms with Crippen molar-refractivity contribution in [3.63, 3.8) is 0 Å². The van der Waals surface area contributed by atoms with Crippen LogP contribution < -0.4 is 5.32 Å². The molecule has 0 aliphatic heterocycles. The van der Waals surface area contributed by atoms with Crippen molar-refractivity contribution in [1.29, 1.82) is 0 Å². The van der Waals surface area contributed by atoms with Crippen LogP contribution in [0.15, 0.2) is 24.3 Å². The number of carboxylic acid groups (broad SMARTS) is 1. The number of aliphatic carboxylic acids is 1. The van der Waals surface area contributed by atoms with Crippen LogP contribution in [0.4, 0.5) is 5.69 Å². The Hall–Kier alpha value is -1.84. The Kier molecular flexibility index (Phi) is 3.23. The number of hydrogen-bond donors (Lipinski definition) is 2. The first-order valence-electron chi connectivity index (χ1n) is 4.11. The molecule has 1 aromatic carbocycles. The Morgan fingerprint density at radius 3 is 2.43 bits per heavy atom. The van der Waals surface area contributed by atoms with Crippen LogP contribution in [0.2, 0.25) is 0 Å². The fraction of sp³-hybridized carbons (Fsp3) is 0.200. The zero-order valence-electron chi connectivity index (χ0n) is 7.65. The first-order chi connectivity index (χ1) is 6.65. The largest absolute Gasteiger partial charge is 0.481 e. The summed E-state index contributed by atoms with van der Waals surface area (Å²) in [5.41, 5.74) is 1.30. The van der Waals surface area contributed by atoms with Crippen molar-refractivity contribution in [3.05, 3.63) is 29.8 Å². The summed E-state index contributed by atoms with van der Waals surface area (Å²) in [4.78, 5) is 20.6. The highest BCUT2D eigenvalue weighted by Gasteiger charge is 2.12. The van der Waals surface area contributed by atoms with E-state index in [1.54, 1.807) is 31.2 Å². The first-order valence-corrected chi connectivity index (χ1v) is 4.11. The molecule has 0 aromatic heterocycles. The molecule has 1 unspecified atom stereocenters. The lowest BCUT2D eigenvalue weighted by Gasteiger charge is -2.06. The van der Waals surface area contributed by atoms with Crippen LogP contribution in [0.3, 0.4) is 0 Å². The molecular weight excluding hydrogens is 182 g/mol. The molecule has 2 N–H and O–H groups in total. The second-order valence-corrected chi connectivity index (χ2v) is 2.91. The van der Waals surface area contributed by atoms with Gasteiger partial charge < -0.3 is 10.4 Å². The van der Waals surface area contributed by atoms with Crippen LogP contribution in [0.1, 0.15) is 18.4 Å². The van der Waals surface area contributed by atoms with E-state index < -0.39 is 11.9 Å². The van der Waals surface area contributed by atoms with Crippen LogP contribution in [-0.2, 0) is 9.59 Å². The molecule has 0 heterocycles. The molecule has 0 aliphatic rings. The van der Waals surface area contributed by atoms with Gasteiger partial charge in [-0.3, -0.25) is 9.59 Å². The zero-order valence-corrected chi connectivity index (χ0v) is 7.65. The van der Waals surface area contributed by atoms with Crippen LogP contribution in [0.5, 0.6) is 0 Å². The molecule has 0 fully saturated rings. The zero-order chi connectivity index (χ0) is 10.6. The molecule has 1 rings (SSSR count). The molecule has 1 atom stereocenters. The topological polar surface area (TPSA) is 66.4 Å². The molecule has 4 nitrogen and oxygen atoms in total. The van der Waals surface area contributed by atoms with Crippen molar-refractivity contribution in [2.45, 2.75) is 12.8 Å². The Morgan fingerprint density at radius 1 is 1.43 bits per heavy atom. The number of amides is 1. The van der Waals surface area contributed by atoms with Crippen LogP contribution in [0, 0.1) is 0 Å². The van der Waals surface area contributed by atoms with Gasteiger partial charge >= 0.3 is 12.4 Å². The van der Waals surface area contributed by atoms with Crippen molar-refractivity contribution >= 4 is 18.1 Å². The quantitative estimate of drug-likeness (QED) is 0.707. The number of carbonyl (C=O) groups is 1. The minimum absolute atomic E-state index is 0.538. The molecular formula is C10H10NO3. The number of benzene rings is 1. The van der Waals surface area contributed by atoms with Gasteiger partial charge in [-0.15, -0.1) is 0 Å². The lowest BCUT2D eigenvalue weighted by atomic mass is 10.0. The summed E-state index contributed by atoms with van der Waals surface area (Å²) < 4.78 is 0. The Labute approximate surface area is 81.6 Å². The van der Waals surface area contributed by atoms with Crippen LogP contribution in [-0.4, -0.2) is 17.5 Å². The second kappa shape index (κ2) is 4.41. The van der Waals surface area contributed by atoms with Crippen LogP contribution in [0.25, 0.3) is 0 Å². The van der Waals surface area contributed by atoms with Crippen LogP contribution >= 0.6 is 0 Å². The molecule has 14 heavy (non-hydrogen) atoms. The van der Waals surface area contributed by atoms with E-state index in [-0.39, 0.29) is 0 Å². The van der Waals surface area contributed by atoms with E-state index in [9.17, 15) is 9.59 Å². The van der Waals surface area contributed by atoms with Gasteiger partial charge in [0.2, 0.25) is 0 Å². The van der Waals surface area contributed by atoms with E-state index in [1.807, 2.05) is 0 Å². The third-order valence-electron chi connectivity index (χ3n) is 1.98. The molecule has 0 saturated carbocycles. The number of nitrogens with one attached hydrogen (secondary N) is 1. The van der Waals surface area contributed by atoms with E-state index in [2.05, 4.69) is 5.32 Å². The summed E-state index contributed by atoms with van der Waals surface area (Å²) in [6.45, 7) is 1.61. The molecule has 0 saturated heterocycles. The maximum atomic E-state index is 10.6. The smallest absolute Gasteiger partial charge is 0.314 e. The molecule has 1 amide bonds. The number of anilines is 1. The fourth-order valence-electron chi connectivity index (χ4n) is 1.06. The molecule has 0 bridgehead atoms. The predicted molar refractivity (Wildman–Crippen MR) is 51.8 cm³/mol. The van der Waals surface area contributed by atoms with Crippen molar-refractivity contribution < 1.29 is 14.7 Å². The van der Waals surface area contributed by atoms with Gasteiger partial charge in [-0.1, -0.05) is 12.1 Å². The summed E-state index contributed by atoms with van der Waals surface area (Å²) in [6, 6.07) is 6.61. The Morgan fingerprint density at radius 2 is 2.00 bits per heavy atom. The van der Waals surface area contributed by atoms with Gasteiger partial charge in [0.25, 0.3) is 0 Å². The monoisotopic (exact) mass is 192 g/mol. The highest BCUT2D eigenvalue weighted by Crippen LogP contribution is 2.17. The molecule has 0 spiro atoms. The van der Waals surface area contributed by atoms with E-state index in [0.29, 0.717) is 11.3 Å². The minimum atomic E-state index is -0.868. The third kappa shape index (κ3) is 2.32. The van der Waals surface area contributed by atoms with Crippen molar-refractivity contribution in [2.75, 3.05) is 5.32 Å². The standard InChI is InChI=1S/C10H10NO3/c1-7(10(13)14)8-2-4-9(5-3-8)11-6-12/h2-5,7H,1H3,(H,11,12)(H,13,14). The van der Waals surface area contributed by atoms with Crippen molar-refractivity contribution in [2.24, 2.45) is 0 Å². The number of carbonyl (C=O) groups excluding carboxylic acids is 1. The Balaban J connectivity index is 2.82. The van der Waals surface area contributed by atoms with E-state index in [0.717, 1.165) is 0 Å². The van der Waals surface area contributed by atoms with Crippen molar-refractivity contribution in [1.82, 2.24) is 0 Å². The van der Waals surface area contributed by atoms with E-state index >= 15 is 0 Å². The van der Waals surface area contributed by atoms with Gasteiger partial charge in [0.1, 0.15) is 0 Å². The maximum absolute atomic E-state index is 10.6. The molecule has 1 radical (unpaired) electrons. The molecule has 73 valence electrons. The predicted octanol–water partition coefficient (Wildman–Crippen LogP) is 1.35. The van der Waals surface area contributed by atoms with Gasteiger partial charge in [-0.05, 0) is 24.6 Å². The first kappa shape index (κ1) is 10.2. The normalized spacial score (nSPS) is 11.8. The summed E-state index contributed by atoms with van der Waals surface area (Å²) in [5, 5.41) is 11.1. The van der Waals surface area contributed by atoms with E-state index in [4.69, 9.17) is 5.11 Å². The van der Waals surface area contributed by atoms with Gasteiger partial charge in [0, 0.05) is 5.69 Å². The highest BCUT2D eigenvalue weighted by atomic mass is 16.4. The lowest BCUT2D eigenvalue weighted by molar-refractivity contribution is -0.138. The fourth-order valence-corrected chi connectivity index (χ4v) is 1.06. The lowest BCUT2D eigenvalue weighted by Crippen LogP contribution is -2.07. The highest BCUT2D eigenvalue weighted by molar-refractivity contribution is 5.76. The number of carboxylic acids is 1. The van der Waals surface area contributed by atoms with Gasteiger partial charge in [0.15, 0.2) is 0 Å².